The van der Waals surface area contributed by atoms with E-state index in [1.807, 2.05) is 0 Å². The molecule has 0 bridgehead atoms. The number of benzene rings is 1. The highest BCUT2D eigenvalue weighted by atomic mass is 79.9. The smallest absolute Gasteiger partial charge is 0.256 e. The van der Waals surface area contributed by atoms with Crippen molar-refractivity contribution in [1.82, 2.24) is 4.98 Å². The summed E-state index contributed by atoms with van der Waals surface area (Å²) in [5.74, 6) is 0. The van der Waals surface area contributed by atoms with Crippen molar-refractivity contribution < 1.29 is 13.2 Å². The van der Waals surface area contributed by atoms with Crippen molar-refractivity contribution in [3.63, 3.8) is 0 Å². The maximum Gasteiger partial charge on any atom is 0.417 e. The van der Waals surface area contributed by atoms with Crippen LogP contribution in [0.2, 0.25) is 0 Å². The molecule has 2 aromatic rings. The summed E-state index contributed by atoms with van der Waals surface area (Å²) >= 11 is 3.22. The molecule has 0 saturated carbocycles. The number of nitrogens with zero attached hydrogens (tertiary/aromatic N) is 1. The second kappa shape index (κ2) is 4.05. The summed E-state index contributed by atoms with van der Waals surface area (Å²) in [4.78, 5) is 3.92. The molecule has 0 atom stereocenters. The minimum atomic E-state index is -4.34. The van der Waals surface area contributed by atoms with Crippen molar-refractivity contribution >= 4 is 26.8 Å². The molecule has 0 N–H and O–H groups in total. The molecule has 1 aromatic carbocycles. The first-order valence-corrected chi connectivity index (χ1v) is 5.65. The third-order valence-electron chi connectivity index (χ3n) is 2.27. The number of fused-ring (bicyclic) bond motifs is 1. The first kappa shape index (κ1) is 11.4. The van der Waals surface area contributed by atoms with Crippen LogP contribution in [0.25, 0.3) is 10.9 Å². The van der Waals surface area contributed by atoms with Gasteiger partial charge in [0.1, 0.15) is 0 Å². The molecule has 1 heterocycles. The van der Waals surface area contributed by atoms with Gasteiger partial charge in [0.05, 0.1) is 11.1 Å². The molecule has 84 valence electrons. The highest BCUT2D eigenvalue weighted by molar-refractivity contribution is 9.08. The minimum absolute atomic E-state index is 0.145. The Morgan fingerprint density at radius 2 is 1.94 bits per heavy atom. The zero-order chi connectivity index (χ0) is 11.8. The molecule has 0 aliphatic heterocycles. The van der Waals surface area contributed by atoms with Crippen LogP contribution in [0.5, 0.6) is 0 Å². The van der Waals surface area contributed by atoms with Gasteiger partial charge in [-0.1, -0.05) is 22.0 Å². The SMILES string of the molecule is FC(F)(F)c1ccnc2ccc(CBr)cc12. The van der Waals surface area contributed by atoms with Gasteiger partial charge in [-0.3, -0.25) is 4.98 Å². The maximum atomic E-state index is 12.7. The van der Waals surface area contributed by atoms with Crippen LogP contribution >= 0.6 is 15.9 Å². The predicted octanol–water partition coefficient (Wildman–Crippen LogP) is 4.15. The van der Waals surface area contributed by atoms with Gasteiger partial charge >= 0.3 is 6.18 Å². The van der Waals surface area contributed by atoms with Crippen LogP contribution in [0.4, 0.5) is 13.2 Å². The van der Waals surface area contributed by atoms with Gasteiger partial charge in [-0.05, 0) is 23.8 Å². The van der Waals surface area contributed by atoms with Crippen molar-refractivity contribution in [3.05, 3.63) is 41.6 Å². The molecule has 0 amide bonds. The van der Waals surface area contributed by atoms with Crippen molar-refractivity contribution in [3.8, 4) is 0 Å². The van der Waals surface area contributed by atoms with Gasteiger partial charge in [0.2, 0.25) is 0 Å². The zero-order valence-corrected chi connectivity index (χ0v) is 9.64. The molecular weight excluding hydrogens is 283 g/mol. The molecule has 0 aliphatic carbocycles. The van der Waals surface area contributed by atoms with Crippen molar-refractivity contribution in [2.75, 3.05) is 0 Å². The normalized spacial score (nSPS) is 12.0. The number of hydrogen-bond donors (Lipinski definition) is 0. The van der Waals surface area contributed by atoms with Crippen LogP contribution in [0.15, 0.2) is 30.5 Å². The van der Waals surface area contributed by atoms with Crippen molar-refractivity contribution in [2.45, 2.75) is 11.5 Å². The van der Waals surface area contributed by atoms with Crippen LogP contribution in [-0.4, -0.2) is 4.98 Å². The molecule has 0 spiro atoms. The molecule has 5 heteroatoms. The molecule has 16 heavy (non-hydrogen) atoms. The maximum absolute atomic E-state index is 12.7. The fraction of sp³-hybridized carbons (Fsp3) is 0.182. The standard InChI is InChI=1S/C11H7BrF3N/c12-6-7-1-2-10-8(5-7)9(3-4-16-10)11(13,14)15/h1-5H,6H2. The van der Waals surface area contributed by atoms with E-state index in [1.165, 1.54) is 12.3 Å². The Bertz CT molecular complexity index is 522. The van der Waals surface area contributed by atoms with Gasteiger partial charge < -0.3 is 0 Å². The summed E-state index contributed by atoms with van der Waals surface area (Å²) in [6.07, 6.45) is -3.16. The van der Waals surface area contributed by atoms with Gasteiger partial charge in [-0.25, -0.2) is 0 Å². The predicted molar refractivity (Wildman–Crippen MR) is 59.4 cm³/mol. The molecule has 0 aliphatic rings. The fourth-order valence-electron chi connectivity index (χ4n) is 1.52. The molecule has 0 saturated heterocycles. The molecule has 2 rings (SSSR count). The monoisotopic (exact) mass is 289 g/mol. The van der Waals surface area contributed by atoms with Crippen LogP contribution in [0, 0.1) is 0 Å². The topological polar surface area (TPSA) is 12.9 Å². The number of halogens is 4. The summed E-state index contributed by atoms with van der Waals surface area (Å²) in [5, 5.41) is 0.668. The van der Waals surface area contributed by atoms with Crippen LogP contribution in [0.1, 0.15) is 11.1 Å². The fourth-order valence-corrected chi connectivity index (χ4v) is 1.87. The Balaban J connectivity index is 2.74. The third-order valence-corrected chi connectivity index (χ3v) is 2.91. The summed E-state index contributed by atoms with van der Waals surface area (Å²) in [6, 6.07) is 5.87. The molecule has 1 nitrogen and oxygen atoms in total. The number of hydrogen-bond acceptors (Lipinski definition) is 1. The second-order valence-corrected chi connectivity index (χ2v) is 3.90. The molecule has 0 radical (unpaired) electrons. The Morgan fingerprint density at radius 3 is 2.56 bits per heavy atom. The minimum Gasteiger partial charge on any atom is -0.256 e. The van der Waals surface area contributed by atoms with Crippen LogP contribution < -0.4 is 0 Å². The lowest BCUT2D eigenvalue weighted by molar-refractivity contribution is -0.136. The molecule has 0 unspecified atom stereocenters. The first-order chi connectivity index (χ1) is 7.52. The third kappa shape index (κ3) is 2.04. The first-order valence-electron chi connectivity index (χ1n) is 4.53. The summed E-state index contributed by atoms with van der Waals surface area (Å²) < 4.78 is 38.1. The van der Waals surface area contributed by atoms with E-state index in [-0.39, 0.29) is 5.39 Å². The van der Waals surface area contributed by atoms with Crippen LogP contribution in [-0.2, 0) is 11.5 Å². The van der Waals surface area contributed by atoms with Crippen molar-refractivity contribution in [2.24, 2.45) is 0 Å². The molecule has 0 fully saturated rings. The summed E-state index contributed by atoms with van der Waals surface area (Å²) in [7, 11) is 0. The van der Waals surface area contributed by atoms with Crippen LogP contribution in [0.3, 0.4) is 0 Å². The highest BCUT2D eigenvalue weighted by Gasteiger charge is 2.32. The van der Waals surface area contributed by atoms with E-state index in [1.54, 1.807) is 12.1 Å². The van der Waals surface area contributed by atoms with Gasteiger partial charge in [0.15, 0.2) is 0 Å². The molecular formula is C11H7BrF3N. The van der Waals surface area contributed by atoms with Gasteiger partial charge in [0, 0.05) is 16.9 Å². The Kier molecular flexibility index (Phi) is 2.88. The van der Waals surface area contributed by atoms with Gasteiger partial charge in [-0.2, -0.15) is 13.2 Å². The summed E-state index contributed by atoms with van der Waals surface area (Å²) in [6.45, 7) is 0. The van der Waals surface area contributed by atoms with E-state index < -0.39 is 11.7 Å². The number of pyridine rings is 1. The molecule has 1 aromatic heterocycles. The zero-order valence-electron chi connectivity index (χ0n) is 8.05. The Labute approximate surface area is 98.4 Å². The number of alkyl halides is 4. The van der Waals surface area contributed by atoms with E-state index in [0.29, 0.717) is 10.8 Å². The van der Waals surface area contributed by atoms with E-state index in [9.17, 15) is 13.2 Å². The average molecular weight is 290 g/mol. The highest BCUT2D eigenvalue weighted by Crippen LogP contribution is 2.34. The van der Waals surface area contributed by atoms with E-state index >= 15 is 0 Å². The number of rotatable bonds is 1. The second-order valence-electron chi connectivity index (χ2n) is 3.34. The lowest BCUT2D eigenvalue weighted by Gasteiger charge is -2.10. The Hall–Kier alpha value is -1.10. The quantitative estimate of drug-likeness (QED) is 0.719. The largest absolute Gasteiger partial charge is 0.417 e. The average Bonchev–Trinajstić information content (AvgIpc) is 2.26. The number of aromatic nitrogens is 1. The van der Waals surface area contributed by atoms with Crippen molar-refractivity contribution in [1.29, 1.82) is 0 Å². The van der Waals surface area contributed by atoms with E-state index in [4.69, 9.17) is 0 Å². The van der Waals surface area contributed by atoms with Gasteiger partial charge in [0.25, 0.3) is 0 Å². The van der Waals surface area contributed by atoms with Gasteiger partial charge in [-0.15, -0.1) is 0 Å². The van der Waals surface area contributed by atoms with E-state index in [0.717, 1.165) is 11.6 Å². The lowest BCUT2D eigenvalue weighted by atomic mass is 10.1. The van der Waals surface area contributed by atoms with E-state index in [2.05, 4.69) is 20.9 Å². The summed E-state index contributed by atoms with van der Waals surface area (Å²) in [5.41, 5.74) is 0.519. The lowest BCUT2D eigenvalue weighted by Crippen LogP contribution is -2.06. The Morgan fingerprint density at radius 1 is 1.19 bits per heavy atom.